The highest BCUT2D eigenvalue weighted by Crippen LogP contribution is 2.20. The second-order valence-electron chi connectivity index (χ2n) is 6.39. The van der Waals surface area contributed by atoms with E-state index in [4.69, 9.17) is 5.11 Å². The summed E-state index contributed by atoms with van der Waals surface area (Å²) in [6.07, 6.45) is 0.963. The van der Waals surface area contributed by atoms with E-state index < -0.39 is 0 Å². The monoisotopic (exact) mass is 321 g/mol. The molecule has 0 aromatic heterocycles. The van der Waals surface area contributed by atoms with Crippen LogP contribution in [-0.4, -0.2) is 73.2 Å². The molecule has 23 heavy (non-hydrogen) atoms. The lowest BCUT2D eigenvalue weighted by atomic mass is 10.1. The van der Waals surface area contributed by atoms with Gasteiger partial charge >= 0.3 is 0 Å². The molecule has 6 heteroatoms. The van der Waals surface area contributed by atoms with Crippen LogP contribution >= 0.6 is 0 Å². The van der Waals surface area contributed by atoms with Gasteiger partial charge in [-0.2, -0.15) is 0 Å². The van der Waals surface area contributed by atoms with Crippen LogP contribution in [0.25, 0.3) is 0 Å². The zero-order valence-corrected chi connectivity index (χ0v) is 13.3. The van der Waals surface area contributed by atoms with Crippen LogP contribution in [-0.2, 0) is 4.79 Å². The summed E-state index contributed by atoms with van der Waals surface area (Å²) in [7, 11) is 0. The zero-order valence-electron chi connectivity index (χ0n) is 13.3. The minimum absolute atomic E-state index is 0.136. The Morgan fingerprint density at radius 3 is 2.57 bits per heavy atom. The van der Waals surface area contributed by atoms with E-state index in [-0.39, 0.29) is 18.3 Å². The molecule has 2 fully saturated rings. The second-order valence-corrected chi connectivity index (χ2v) is 6.39. The Balaban J connectivity index is 1.49. The standard InChI is InChI=1S/C17H24FN3O2/c18-15-3-1-2-4-16(15)20-7-9-21(10-8-20)17(23)12-19-6-5-14(11-19)13-22/h1-4,14,22H,5-13H2. The van der Waals surface area contributed by atoms with Gasteiger partial charge in [0, 0.05) is 39.3 Å². The lowest BCUT2D eigenvalue weighted by Gasteiger charge is -2.36. The molecule has 0 bridgehead atoms. The molecule has 126 valence electrons. The van der Waals surface area contributed by atoms with Gasteiger partial charge in [0.15, 0.2) is 0 Å². The SMILES string of the molecule is O=C(CN1CCC(CO)C1)N1CCN(c2ccccc2F)CC1. The van der Waals surface area contributed by atoms with E-state index in [0.717, 1.165) is 19.5 Å². The van der Waals surface area contributed by atoms with Crippen LogP contribution < -0.4 is 4.90 Å². The fourth-order valence-corrected chi connectivity index (χ4v) is 3.40. The number of rotatable bonds is 4. The van der Waals surface area contributed by atoms with Gasteiger partial charge in [-0.05, 0) is 31.0 Å². The molecule has 1 aromatic rings. The molecule has 1 atom stereocenters. The van der Waals surface area contributed by atoms with Crippen molar-refractivity contribution in [2.75, 3.05) is 57.3 Å². The number of anilines is 1. The van der Waals surface area contributed by atoms with E-state index in [1.54, 1.807) is 12.1 Å². The molecular weight excluding hydrogens is 297 g/mol. The van der Waals surface area contributed by atoms with Crippen LogP contribution in [0.5, 0.6) is 0 Å². The maximum absolute atomic E-state index is 13.8. The Morgan fingerprint density at radius 1 is 1.17 bits per heavy atom. The molecule has 5 nitrogen and oxygen atoms in total. The van der Waals surface area contributed by atoms with Crippen LogP contribution in [0.1, 0.15) is 6.42 Å². The number of nitrogens with zero attached hydrogens (tertiary/aromatic N) is 3. The largest absolute Gasteiger partial charge is 0.396 e. The molecule has 1 amide bonds. The molecule has 1 aromatic carbocycles. The summed E-state index contributed by atoms with van der Waals surface area (Å²) >= 11 is 0. The summed E-state index contributed by atoms with van der Waals surface area (Å²) in [6.45, 7) is 4.89. The topological polar surface area (TPSA) is 47.0 Å². The third-order valence-corrected chi connectivity index (χ3v) is 4.81. The number of carbonyl (C=O) groups is 1. The fraction of sp³-hybridized carbons (Fsp3) is 0.588. The lowest BCUT2D eigenvalue weighted by Crippen LogP contribution is -2.51. The number of carbonyl (C=O) groups excluding carboxylic acids is 1. The second kappa shape index (κ2) is 7.27. The quantitative estimate of drug-likeness (QED) is 0.891. The van der Waals surface area contributed by atoms with Crippen molar-refractivity contribution in [3.8, 4) is 0 Å². The van der Waals surface area contributed by atoms with Gasteiger partial charge < -0.3 is 14.9 Å². The predicted octanol–water partition coefficient (Wildman–Crippen LogP) is 0.788. The number of para-hydroxylation sites is 1. The first-order valence-corrected chi connectivity index (χ1v) is 8.28. The Labute approximate surface area is 136 Å². The number of hydrogen-bond acceptors (Lipinski definition) is 4. The van der Waals surface area contributed by atoms with E-state index in [1.165, 1.54) is 6.07 Å². The van der Waals surface area contributed by atoms with Crippen molar-refractivity contribution < 1.29 is 14.3 Å². The lowest BCUT2D eigenvalue weighted by molar-refractivity contribution is -0.132. The fourth-order valence-electron chi connectivity index (χ4n) is 3.40. The molecular formula is C17H24FN3O2. The molecule has 0 spiro atoms. The molecule has 0 radical (unpaired) electrons. The minimum Gasteiger partial charge on any atom is -0.396 e. The van der Waals surface area contributed by atoms with Crippen molar-refractivity contribution in [2.24, 2.45) is 5.92 Å². The number of hydrogen-bond donors (Lipinski definition) is 1. The van der Waals surface area contributed by atoms with E-state index in [0.29, 0.717) is 44.3 Å². The number of piperazine rings is 1. The molecule has 0 saturated carbocycles. The van der Waals surface area contributed by atoms with E-state index in [1.807, 2.05) is 15.9 Å². The summed E-state index contributed by atoms with van der Waals surface area (Å²) in [5, 5.41) is 9.17. The first-order chi connectivity index (χ1) is 11.2. The maximum atomic E-state index is 13.8. The van der Waals surface area contributed by atoms with Crippen LogP contribution in [0.3, 0.4) is 0 Å². The third-order valence-electron chi connectivity index (χ3n) is 4.81. The molecule has 2 aliphatic rings. The molecule has 1 N–H and O–H groups in total. The number of benzene rings is 1. The number of halogens is 1. The minimum atomic E-state index is -0.209. The number of aliphatic hydroxyl groups excluding tert-OH is 1. The van der Waals surface area contributed by atoms with E-state index in [9.17, 15) is 9.18 Å². The molecule has 2 aliphatic heterocycles. The van der Waals surface area contributed by atoms with Gasteiger partial charge in [0.1, 0.15) is 5.82 Å². The van der Waals surface area contributed by atoms with E-state index in [2.05, 4.69) is 4.90 Å². The summed E-state index contributed by atoms with van der Waals surface area (Å²) in [5.41, 5.74) is 0.616. The molecule has 1 unspecified atom stereocenters. The number of aliphatic hydroxyl groups is 1. The highest BCUT2D eigenvalue weighted by Gasteiger charge is 2.27. The average Bonchev–Trinajstić information content (AvgIpc) is 3.03. The average molecular weight is 321 g/mol. The van der Waals surface area contributed by atoms with E-state index >= 15 is 0 Å². The Kier molecular flexibility index (Phi) is 5.13. The van der Waals surface area contributed by atoms with Crippen molar-refractivity contribution in [3.63, 3.8) is 0 Å². The summed E-state index contributed by atoms with van der Waals surface area (Å²) < 4.78 is 13.8. The van der Waals surface area contributed by atoms with Crippen molar-refractivity contribution in [1.82, 2.24) is 9.80 Å². The highest BCUT2D eigenvalue weighted by molar-refractivity contribution is 5.78. The predicted molar refractivity (Wildman–Crippen MR) is 86.8 cm³/mol. The molecule has 2 saturated heterocycles. The normalized spacial score (nSPS) is 22.6. The van der Waals surface area contributed by atoms with Gasteiger partial charge in [0.25, 0.3) is 0 Å². The summed E-state index contributed by atoms with van der Waals surface area (Å²) in [6, 6.07) is 6.78. The van der Waals surface area contributed by atoms with Crippen LogP contribution in [0.4, 0.5) is 10.1 Å². The first kappa shape index (κ1) is 16.2. The maximum Gasteiger partial charge on any atom is 0.236 e. The first-order valence-electron chi connectivity index (χ1n) is 8.28. The van der Waals surface area contributed by atoms with Gasteiger partial charge in [-0.3, -0.25) is 9.69 Å². The smallest absolute Gasteiger partial charge is 0.236 e. The van der Waals surface area contributed by atoms with Crippen molar-refractivity contribution in [1.29, 1.82) is 0 Å². The Hall–Kier alpha value is -1.66. The number of likely N-dealkylation sites (tertiary alicyclic amines) is 1. The summed E-state index contributed by atoms with van der Waals surface area (Å²) in [4.78, 5) is 18.4. The van der Waals surface area contributed by atoms with Crippen LogP contribution in [0, 0.1) is 11.7 Å². The Bertz CT molecular complexity index is 546. The summed E-state index contributed by atoms with van der Waals surface area (Å²) in [5.74, 6) is 0.233. The number of amides is 1. The van der Waals surface area contributed by atoms with Crippen molar-refractivity contribution in [2.45, 2.75) is 6.42 Å². The van der Waals surface area contributed by atoms with Gasteiger partial charge in [-0.1, -0.05) is 12.1 Å². The van der Waals surface area contributed by atoms with Gasteiger partial charge in [-0.15, -0.1) is 0 Å². The van der Waals surface area contributed by atoms with Crippen LogP contribution in [0.2, 0.25) is 0 Å². The highest BCUT2D eigenvalue weighted by atomic mass is 19.1. The molecule has 2 heterocycles. The zero-order chi connectivity index (χ0) is 16.2. The third kappa shape index (κ3) is 3.82. The Morgan fingerprint density at radius 2 is 1.91 bits per heavy atom. The van der Waals surface area contributed by atoms with Crippen molar-refractivity contribution >= 4 is 11.6 Å². The molecule has 3 rings (SSSR count). The van der Waals surface area contributed by atoms with Gasteiger partial charge in [-0.25, -0.2) is 4.39 Å². The van der Waals surface area contributed by atoms with Crippen LogP contribution in [0.15, 0.2) is 24.3 Å². The van der Waals surface area contributed by atoms with Gasteiger partial charge in [0.2, 0.25) is 5.91 Å². The molecule has 0 aliphatic carbocycles. The van der Waals surface area contributed by atoms with Crippen molar-refractivity contribution in [3.05, 3.63) is 30.1 Å². The van der Waals surface area contributed by atoms with Gasteiger partial charge in [0.05, 0.1) is 12.2 Å².